The summed E-state index contributed by atoms with van der Waals surface area (Å²) in [5, 5.41) is 12.3. The van der Waals surface area contributed by atoms with Crippen LogP contribution in [0.2, 0.25) is 0 Å². The minimum absolute atomic E-state index is 0.0712. The topological polar surface area (TPSA) is 95.9 Å². The molecule has 1 aliphatic carbocycles. The van der Waals surface area contributed by atoms with E-state index in [4.69, 9.17) is 4.74 Å². The molecular formula is C27H32N2O5. The van der Waals surface area contributed by atoms with Gasteiger partial charge in [0, 0.05) is 19.0 Å². The van der Waals surface area contributed by atoms with Crippen LogP contribution in [0.4, 0.5) is 4.79 Å². The van der Waals surface area contributed by atoms with Crippen molar-refractivity contribution < 1.29 is 24.2 Å². The SMILES string of the molecule is CCC1(C(=O)O)CN(C(=O)C(NC(=O)OCC2c3ccccc3-c3ccccc32)C(C)(C)C)C1. The molecule has 0 bridgehead atoms. The van der Waals surface area contributed by atoms with Gasteiger partial charge in [0.2, 0.25) is 5.91 Å². The number of ether oxygens (including phenoxy) is 1. The molecule has 0 radical (unpaired) electrons. The van der Waals surface area contributed by atoms with E-state index in [9.17, 15) is 19.5 Å². The Morgan fingerprint density at radius 2 is 1.59 bits per heavy atom. The van der Waals surface area contributed by atoms with Crippen LogP contribution in [0.3, 0.4) is 0 Å². The van der Waals surface area contributed by atoms with Crippen LogP contribution in [0.25, 0.3) is 11.1 Å². The number of benzene rings is 2. The van der Waals surface area contributed by atoms with Gasteiger partial charge in [-0.2, -0.15) is 0 Å². The van der Waals surface area contributed by atoms with Crippen molar-refractivity contribution in [1.29, 1.82) is 0 Å². The smallest absolute Gasteiger partial charge is 0.407 e. The third kappa shape index (κ3) is 4.15. The number of nitrogens with one attached hydrogen (secondary N) is 1. The van der Waals surface area contributed by atoms with Gasteiger partial charge in [-0.05, 0) is 34.1 Å². The van der Waals surface area contributed by atoms with Crippen LogP contribution in [-0.2, 0) is 14.3 Å². The molecule has 1 aliphatic heterocycles. The lowest BCUT2D eigenvalue weighted by molar-refractivity contribution is -0.168. The van der Waals surface area contributed by atoms with Crippen molar-refractivity contribution in [3.05, 3.63) is 59.7 Å². The maximum atomic E-state index is 13.2. The van der Waals surface area contributed by atoms with Crippen LogP contribution < -0.4 is 5.32 Å². The maximum Gasteiger partial charge on any atom is 0.407 e. The average molecular weight is 465 g/mol. The molecule has 34 heavy (non-hydrogen) atoms. The lowest BCUT2D eigenvalue weighted by Gasteiger charge is -2.49. The maximum absolute atomic E-state index is 13.2. The summed E-state index contributed by atoms with van der Waals surface area (Å²) < 4.78 is 5.63. The molecule has 0 saturated carbocycles. The molecule has 1 heterocycles. The second kappa shape index (κ2) is 8.78. The molecule has 1 fully saturated rings. The second-order valence-corrected chi connectivity index (χ2v) is 10.4. The summed E-state index contributed by atoms with van der Waals surface area (Å²) in [5.41, 5.74) is 3.05. The van der Waals surface area contributed by atoms with Gasteiger partial charge in [0.25, 0.3) is 0 Å². The molecule has 2 aromatic carbocycles. The highest BCUT2D eigenvalue weighted by Crippen LogP contribution is 2.44. The standard InChI is InChI=1S/C27H32N2O5/c1-5-27(24(31)32)15-29(16-27)23(30)22(26(2,3)4)28-25(33)34-14-21-19-12-8-6-10-17(19)18-11-7-9-13-20(18)21/h6-13,21-22H,5,14-16H2,1-4H3,(H,28,33)(H,31,32). The Morgan fingerprint density at radius 1 is 1.06 bits per heavy atom. The van der Waals surface area contributed by atoms with E-state index >= 15 is 0 Å². The van der Waals surface area contributed by atoms with Gasteiger partial charge in [0.15, 0.2) is 0 Å². The molecule has 1 unspecified atom stereocenters. The summed E-state index contributed by atoms with van der Waals surface area (Å²) in [5.74, 6) is -1.25. The van der Waals surface area contributed by atoms with Crippen molar-refractivity contribution >= 4 is 18.0 Å². The number of carbonyl (C=O) groups excluding carboxylic acids is 2. The molecule has 0 aromatic heterocycles. The number of carboxylic acid groups (broad SMARTS) is 1. The Balaban J connectivity index is 1.43. The number of hydrogen-bond donors (Lipinski definition) is 2. The normalized spacial score (nSPS) is 17.2. The van der Waals surface area contributed by atoms with Crippen LogP contribution in [0.5, 0.6) is 0 Å². The van der Waals surface area contributed by atoms with E-state index < -0.39 is 28.9 Å². The number of carboxylic acids is 1. The fourth-order valence-electron chi connectivity index (χ4n) is 4.94. The second-order valence-electron chi connectivity index (χ2n) is 10.4. The van der Waals surface area contributed by atoms with E-state index in [2.05, 4.69) is 29.6 Å². The Kier molecular flexibility index (Phi) is 6.14. The number of hydrogen-bond acceptors (Lipinski definition) is 4. The molecule has 7 nitrogen and oxygen atoms in total. The van der Waals surface area contributed by atoms with Crippen molar-refractivity contribution in [3.8, 4) is 11.1 Å². The highest BCUT2D eigenvalue weighted by molar-refractivity contribution is 5.89. The van der Waals surface area contributed by atoms with Gasteiger partial charge in [-0.15, -0.1) is 0 Å². The molecule has 2 N–H and O–H groups in total. The molecular weight excluding hydrogens is 432 g/mol. The highest BCUT2D eigenvalue weighted by atomic mass is 16.5. The molecule has 7 heteroatoms. The van der Waals surface area contributed by atoms with Gasteiger partial charge in [0.1, 0.15) is 18.1 Å². The summed E-state index contributed by atoms with van der Waals surface area (Å²) in [6, 6.07) is 15.4. The Hall–Kier alpha value is -3.35. The zero-order valence-corrected chi connectivity index (χ0v) is 20.1. The lowest BCUT2D eigenvalue weighted by atomic mass is 9.76. The van der Waals surface area contributed by atoms with Crippen LogP contribution in [0.1, 0.15) is 51.2 Å². The van der Waals surface area contributed by atoms with E-state index in [1.165, 1.54) is 4.90 Å². The van der Waals surface area contributed by atoms with E-state index in [-0.39, 0.29) is 31.5 Å². The summed E-state index contributed by atoms with van der Waals surface area (Å²) in [6.45, 7) is 7.86. The molecule has 2 aliphatic rings. The van der Waals surface area contributed by atoms with Crippen LogP contribution in [0.15, 0.2) is 48.5 Å². The predicted molar refractivity (Wildman–Crippen MR) is 128 cm³/mol. The summed E-state index contributed by atoms with van der Waals surface area (Å²) in [6.07, 6.45) is -0.206. The quantitative estimate of drug-likeness (QED) is 0.666. The Labute approximate surface area is 200 Å². The molecule has 2 aromatic rings. The Morgan fingerprint density at radius 3 is 2.06 bits per heavy atom. The Bertz CT molecular complexity index is 1070. The zero-order valence-electron chi connectivity index (χ0n) is 20.1. The molecule has 0 spiro atoms. The first-order chi connectivity index (χ1) is 16.1. The molecule has 1 atom stereocenters. The van der Waals surface area contributed by atoms with Crippen molar-refractivity contribution in [3.63, 3.8) is 0 Å². The van der Waals surface area contributed by atoms with Crippen molar-refractivity contribution in [2.45, 2.75) is 46.1 Å². The van der Waals surface area contributed by atoms with E-state index in [1.54, 1.807) is 0 Å². The monoisotopic (exact) mass is 464 g/mol. The number of amides is 2. The molecule has 1 saturated heterocycles. The third-order valence-electron chi connectivity index (χ3n) is 7.15. The number of likely N-dealkylation sites (tertiary alicyclic amines) is 1. The number of nitrogens with zero attached hydrogens (tertiary/aromatic N) is 1. The minimum Gasteiger partial charge on any atom is -0.481 e. The zero-order chi connectivity index (χ0) is 24.7. The number of fused-ring (bicyclic) bond motifs is 3. The first-order valence-corrected chi connectivity index (χ1v) is 11.7. The van der Waals surface area contributed by atoms with E-state index in [0.29, 0.717) is 6.42 Å². The van der Waals surface area contributed by atoms with Crippen molar-refractivity contribution in [2.75, 3.05) is 19.7 Å². The first kappa shape index (κ1) is 23.8. The molecule has 180 valence electrons. The van der Waals surface area contributed by atoms with Gasteiger partial charge in [-0.1, -0.05) is 76.2 Å². The summed E-state index contributed by atoms with van der Waals surface area (Å²) in [4.78, 5) is 39.1. The first-order valence-electron chi connectivity index (χ1n) is 11.7. The number of alkyl carbamates (subject to hydrolysis) is 1. The highest BCUT2D eigenvalue weighted by Gasteiger charge is 2.52. The fraction of sp³-hybridized carbons (Fsp3) is 0.444. The minimum atomic E-state index is -0.901. The summed E-state index contributed by atoms with van der Waals surface area (Å²) >= 11 is 0. The molecule has 2 amide bonds. The summed E-state index contributed by atoms with van der Waals surface area (Å²) in [7, 11) is 0. The van der Waals surface area contributed by atoms with Crippen molar-refractivity contribution in [2.24, 2.45) is 10.8 Å². The predicted octanol–water partition coefficient (Wildman–Crippen LogP) is 4.26. The van der Waals surface area contributed by atoms with Crippen LogP contribution in [0, 0.1) is 10.8 Å². The van der Waals surface area contributed by atoms with E-state index in [0.717, 1.165) is 22.3 Å². The third-order valence-corrected chi connectivity index (χ3v) is 7.15. The van der Waals surface area contributed by atoms with Gasteiger partial charge >= 0.3 is 12.1 Å². The van der Waals surface area contributed by atoms with Gasteiger partial charge in [-0.3, -0.25) is 9.59 Å². The number of aliphatic carboxylic acids is 1. The number of rotatable bonds is 6. The van der Waals surface area contributed by atoms with Gasteiger partial charge in [0.05, 0.1) is 0 Å². The molecule has 4 rings (SSSR count). The van der Waals surface area contributed by atoms with Crippen LogP contribution in [-0.4, -0.2) is 53.7 Å². The lowest BCUT2D eigenvalue weighted by Crippen LogP contribution is -2.66. The average Bonchev–Trinajstić information content (AvgIpc) is 3.08. The fourth-order valence-corrected chi connectivity index (χ4v) is 4.94. The van der Waals surface area contributed by atoms with Gasteiger partial charge in [-0.25, -0.2) is 4.79 Å². The van der Waals surface area contributed by atoms with Crippen molar-refractivity contribution in [1.82, 2.24) is 10.2 Å². The van der Waals surface area contributed by atoms with Crippen LogP contribution >= 0.6 is 0 Å². The van der Waals surface area contributed by atoms with Gasteiger partial charge < -0.3 is 20.1 Å². The number of carbonyl (C=O) groups is 3. The van der Waals surface area contributed by atoms with E-state index in [1.807, 2.05) is 52.0 Å². The largest absolute Gasteiger partial charge is 0.481 e.